The van der Waals surface area contributed by atoms with E-state index in [1.54, 1.807) is 43.5 Å². The van der Waals surface area contributed by atoms with E-state index < -0.39 is 10.0 Å². The summed E-state index contributed by atoms with van der Waals surface area (Å²) in [6.45, 7) is 0.902. The maximum atomic E-state index is 12.4. The highest BCUT2D eigenvalue weighted by molar-refractivity contribution is 7.92. The second-order valence-electron chi connectivity index (χ2n) is 5.25. The SMILES string of the molecule is COCCNC(=O)Cc1ccc(NS(=O)(=O)c2ccccc2Cl)cc1. The van der Waals surface area contributed by atoms with E-state index in [0.717, 1.165) is 5.56 Å². The molecule has 0 atom stereocenters. The molecule has 0 aromatic heterocycles. The predicted molar refractivity (Wildman–Crippen MR) is 97.3 cm³/mol. The van der Waals surface area contributed by atoms with E-state index in [-0.39, 0.29) is 22.2 Å². The molecule has 0 fully saturated rings. The molecule has 0 bridgehead atoms. The highest BCUT2D eigenvalue weighted by Gasteiger charge is 2.17. The molecule has 2 N–H and O–H groups in total. The number of amides is 1. The number of benzene rings is 2. The van der Waals surface area contributed by atoms with Crippen molar-refractivity contribution in [2.45, 2.75) is 11.3 Å². The first-order valence-electron chi connectivity index (χ1n) is 7.54. The summed E-state index contributed by atoms with van der Waals surface area (Å²) in [5, 5.41) is 2.87. The highest BCUT2D eigenvalue weighted by Crippen LogP contribution is 2.23. The van der Waals surface area contributed by atoms with Gasteiger partial charge in [-0.3, -0.25) is 9.52 Å². The summed E-state index contributed by atoms with van der Waals surface area (Å²) < 4.78 is 32.0. The van der Waals surface area contributed by atoms with Gasteiger partial charge in [-0.2, -0.15) is 0 Å². The van der Waals surface area contributed by atoms with Crippen LogP contribution in [0.2, 0.25) is 5.02 Å². The van der Waals surface area contributed by atoms with Gasteiger partial charge in [-0.15, -0.1) is 0 Å². The number of halogens is 1. The minimum Gasteiger partial charge on any atom is -0.383 e. The van der Waals surface area contributed by atoms with E-state index >= 15 is 0 Å². The van der Waals surface area contributed by atoms with Gasteiger partial charge < -0.3 is 10.1 Å². The Labute approximate surface area is 152 Å². The Hall–Kier alpha value is -2.09. The first kappa shape index (κ1) is 19.2. The van der Waals surface area contributed by atoms with Crippen molar-refractivity contribution in [2.75, 3.05) is 25.0 Å². The minimum atomic E-state index is -3.77. The monoisotopic (exact) mass is 382 g/mol. The molecule has 134 valence electrons. The van der Waals surface area contributed by atoms with E-state index in [2.05, 4.69) is 10.0 Å². The summed E-state index contributed by atoms with van der Waals surface area (Å²) >= 11 is 5.94. The van der Waals surface area contributed by atoms with Crippen molar-refractivity contribution in [3.8, 4) is 0 Å². The van der Waals surface area contributed by atoms with Crippen LogP contribution in [0.5, 0.6) is 0 Å². The molecule has 25 heavy (non-hydrogen) atoms. The second-order valence-corrected chi connectivity index (χ2v) is 7.31. The van der Waals surface area contributed by atoms with Crippen LogP contribution in [-0.4, -0.2) is 34.6 Å². The molecule has 0 aliphatic carbocycles. The zero-order valence-electron chi connectivity index (χ0n) is 13.7. The topological polar surface area (TPSA) is 84.5 Å². The van der Waals surface area contributed by atoms with Crippen LogP contribution in [0.15, 0.2) is 53.4 Å². The van der Waals surface area contributed by atoms with Gasteiger partial charge in [0.15, 0.2) is 0 Å². The van der Waals surface area contributed by atoms with E-state index in [1.807, 2.05) is 0 Å². The molecule has 1 amide bonds. The Morgan fingerprint density at radius 1 is 1.12 bits per heavy atom. The lowest BCUT2D eigenvalue weighted by molar-refractivity contribution is -0.120. The van der Waals surface area contributed by atoms with Gasteiger partial charge in [0.25, 0.3) is 10.0 Å². The van der Waals surface area contributed by atoms with E-state index in [0.29, 0.717) is 18.8 Å². The number of methoxy groups -OCH3 is 1. The summed E-state index contributed by atoms with van der Waals surface area (Å²) in [5.41, 5.74) is 1.17. The Kier molecular flexibility index (Phi) is 6.81. The van der Waals surface area contributed by atoms with Gasteiger partial charge in [0.1, 0.15) is 4.90 Å². The van der Waals surface area contributed by atoms with Crippen LogP contribution in [0.25, 0.3) is 0 Å². The predicted octanol–water partition coefficient (Wildman–Crippen LogP) is 2.45. The molecule has 2 rings (SSSR count). The number of sulfonamides is 1. The first-order chi connectivity index (χ1) is 11.9. The lowest BCUT2D eigenvalue weighted by Gasteiger charge is -2.10. The number of rotatable bonds is 8. The van der Waals surface area contributed by atoms with E-state index in [4.69, 9.17) is 16.3 Å². The van der Waals surface area contributed by atoms with Crippen LogP contribution in [-0.2, 0) is 26.0 Å². The Bertz CT molecular complexity index is 823. The van der Waals surface area contributed by atoms with Gasteiger partial charge in [0.05, 0.1) is 18.1 Å². The average molecular weight is 383 g/mol. The van der Waals surface area contributed by atoms with Gasteiger partial charge >= 0.3 is 0 Å². The van der Waals surface area contributed by atoms with Gasteiger partial charge in [-0.1, -0.05) is 35.9 Å². The van der Waals surface area contributed by atoms with Crippen molar-refractivity contribution < 1.29 is 17.9 Å². The molecule has 0 saturated carbocycles. The molecule has 8 heteroatoms. The Balaban J connectivity index is 2.01. The zero-order chi connectivity index (χ0) is 18.3. The standard InChI is InChI=1S/C17H19ClN2O4S/c1-24-11-10-19-17(21)12-13-6-8-14(9-7-13)20-25(22,23)16-5-3-2-4-15(16)18/h2-9,20H,10-12H2,1H3,(H,19,21). The molecule has 0 radical (unpaired) electrons. The van der Waals surface area contributed by atoms with E-state index in [1.165, 1.54) is 12.1 Å². The van der Waals surface area contributed by atoms with Gasteiger partial charge in [0.2, 0.25) is 5.91 Å². The van der Waals surface area contributed by atoms with Crippen molar-refractivity contribution in [1.82, 2.24) is 5.32 Å². The smallest absolute Gasteiger partial charge is 0.263 e. The lowest BCUT2D eigenvalue weighted by atomic mass is 10.1. The lowest BCUT2D eigenvalue weighted by Crippen LogP contribution is -2.28. The largest absolute Gasteiger partial charge is 0.383 e. The van der Waals surface area contributed by atoms with Gasteiger partial charge in [-0.25, -0.2) is 8.42 Å². The third-order valence-corrected chi connectivity index (χ3v) is 5.21. The minimum absolute atomic E-state index is 0.0123. The number of ether oxygens (including phenoxy) is 1. The first-order valence-corrected chi connectivity index (χ1v) is 9.40. The van der Waals surface area contributed by atoms with Crippen LogP contribution in [0, 0.1) is 0 Å². The fourth-order valence-electron chi connectivity index (χ4n) is 2.10. The molecule has 2 aromatic rings. The fraction of sp³-hybridized carbons (Fsp3) is 0.235. The second kappa shape index (κ2) is 8.84. The molecule has 0 spiro atoms. The third-order valence-electron chi connectivity index (χ3n) is 3.33. The normalized spacial score (nSPS) is 11.1. The summed E-state index contributed by atoms with van der Waals surface area (Å²) in [6, 6.07) is 12.8. The molecule has 0 unspecified atom stereocenters. The number of nitrogens with one attached hydrogen (secondary N) is 2. The van der Waals surface area contributed by atoms with Crippen molar-refractivity contribution >= 4 is 33.2 Å². The third kappa shape index (κ3) is 5.74. The summed E-state index contributed by atoms with van der Waals surface area (Å²) in [5.74, 6) is -0.124. The Morgan fingerprint density at radius 2 is 1.80 bits per heavy atom. The zero-order valence-corrected chi connectivity index (χ0v) is 15.2. The quantitative estimate of drug-likeness (QED) is 0.687. The summed E-state index contributed by atoms with van der Waals surface area (Å²) in [4.78, 5) is 11.7. The van der Waals surface area contributed by atoms with Gasteiger partial charge in [-0.05, 0) is 29.8 Å². The molecule has 0 aliphatic rings. The van der Waals surface area contributed by atoms with Crippen molar-refractivity contribution in [2.24, 2.45) is 0 Å². The number of hydrogen-bond acceptors (Lipinski definition) is 4. The van der Waals surface area contributed by atoms with Crippen molar-refractivity contribution in [3.05, 3.63) is 59.1 Å². The summed E-state index contributed by atoms with van der Waals surface area (Å²) in [6.07, 6.45) is 0.210. The molecular weight excluding hydrogens is 364 g/mol. The van der Waals surface area contributed by atoms with Crippen LogP contribution >= 0.6 is 11.6 Å². The molecule has 0 saturated heterocycles. The molecular formula is C17H19ClN2O4S. The van der Waals surface area contributed by atoms with Crippen molar-refractivity contribution in [3.63, 3.8) is 0 Å². The van der Waals surface area contributed by atoms with Crippen LogP contribution in [0.3, 0.4) is 0 Å². The maximum Gasteiger partial charge on any atom is 0.263 e. The van der Waals surface area contributed by atoms with Crippen LogP contribution in [0.1, 0.15) is 5.56 Å². The summed E-state index contributed by atoms with van der Waals surface area (Å²) in [7, 11) is -2.21. The average Bonchev–Trinajstić information content (AvgIpc) is 2.57. The number of carbonyl (C=O) groups is 1. The number of anilines is 1. The van der Waals surface area contributed by atoms with Crippen molar-refractivity contribution in [1.29, 1.82) is 0 Å². The fourth-order valence-corrected chi connectivity index (χ4v) is 3.68. The molecule has 6 nitrogen and oxygen atoms in total. The highest BCUT2D eigenvalue weighted by atomic mass is 35.5. The molecule has 2 aromatic carbocycles. The number of hydrogen-bond donors (Lipinski definition) is 2. The van der Waals surface area contributed by atoms with Crippen LogP contribution in [0.4, 0.5) is 5.69 Å². The molecule has 0 heterocycles. The van der Waals surface area contributed by atoms with Gasteiger partial charge in [0, 0.05) is 19.3 Å². The maximum absolute atomic E-state index is 12.4. The van der Waals surface area contributed by atoms with Crippen LogP contribution < -0.4 is 10.0 Å². The Morgan fingerprint density at radius 3 is 2.44 bits per heavy atom. The molecule has 0 aliphatic heterocycles. The van der Waals surface area contributed by atoms with E-state index in [9.17, 15) is 13.2 Å². The number of carbonyl (C=O) groups excluding carboxylic acids is 1.